The van der Waals surface area contributed by atoms with Crippen molar-refractivity contribution in [3.05, 3.63) is 72.1 Å². The second-order valence-corrected chi connectivity index (χ2v) is 13.8. The highest BCUT2D eigenvalue weighted by Crippen LogP contribution is 2.61. The number of halogens is 1. The van der Waals surface area contributed by atoms with Crippen LogP contribution in [0.15, 0.2) is 60.8 Å². The lowest BCUT2D eigenvalue weighted by Crippen LogP contribution is -2.44. The van der Waals surface area contributed by atoms with Crippen LogP contribution in [0.2, 0.25) is 18.6 Å². The van der Waals surface area contributed by atoms with E-state index in [0.717, 1.165) is 16.9 Å². The van der Waals surface area contributed by atoms with Crippen LogP contribution in [0.4, 0.5) is 15.5 Å². The van der Waals surface area contributed by atoms with Crippen molar-refractivity contribution >= 4 is 25.7 Å². The predicted octanol–water partition coefficient (Wildman–Crippen LogP) is 4.36. The van der Waals surface area contributed by atoms with Gasteiger partial charge in [0.1, 0.15) is 0 Å². The first-order valence-electron chi connectivity index (χ1n) is 12.1. The Morgan fingerprint density at radius 1 is 1.14 bits per heavy atom. The van der Waals surface area contributed by atoms with Gasteiger partial charge in [0.05, 0.1) is 17.5 Å². The third-order valence-electron chi connectivity index (χ3n) is 7.39. The maximum Gasteiger partial charge on any atom is 0.268 e. The van der Waals surface area contributed by atoms with E-state index in [9.17, 15) is 4.79 Å². The van der Waals surface area contributed by atoms with Crippen LogP contribution in [0, 0.1) is 5.92 Å². The molecule has 2 aromatic carbocycles. The molecule has 1 aromatic heterocycles. The zero-order chi connectivity index (χ0) is 24.8. The van der Waals surface area contributed by atoms with Crippen LogP contribution < -0.4 is 4.90 Å². The standard InChI is InChI=1S/C26H31FN4O3Si/c1-18-24(35(2,3)27)23(13-15-30-17-19(14-16-32)28-29-30)34-26(18)21-11-7-8-12-22(21)31(25(26)33)20-9-5-4-6-10-20/h4-12,17-18,23-24,32H,13-16H2,1-3H3/t18-,23+,24-,26+/m1/s1. The van der Waals surface area contributed by atoms with Crippen molar-refractivity contribution in [2.75, 3.05) is 11.5 Å². The van der Waals surface area contributed by atoms with E-state index in [1.807, 2.05) is 61.5 Å². The number of aromatic nitrogens is 3. The average Bonchev–Trinajstić information content (AvgIpc) is 3.47. The Balaban J connectivity index is 1.52. The first-order valence-corrected chi connectivity index (χ1v) is 15.1. The molecule has 2 aliphatic rings. The number of fused-ring (bicyclic) bond motifs is 2. The van der Waals surface area contributed by atoms with Gasteiger partial charge in [-0.25, -0.2) is 0 Å². The van der Waals surface area contributed by atoms with Gasteiger partial charge in [-0.05, 0) is 37.7 Å². The molecule has 0 unspecified atom stereocenters. The van der Waals surface area contributed by atoms with Gasteiger partial charge in [-0.3, -0.25) is 14.4 Å². The number of hydrogen-bond acceptors (Lipinski definition) is 5. The van der Waals surface area contributed by atoms with Gasteiger partial charge >= 0.3 is 0 Å². The Kier molecular flexibility index (Phi) is 6.10. The number of aryl methyl sites for hydroxylation is 1. The molecular weight excluding hydrogens is 463 g/mol. The molecule has 0 radical (unpaired) electrons. The molecule has 184 valence electrons. The van der Waals surface area contributed by atoms with Crippen molar-refractivity contribution in [3.63, 3.8) is 0 Å². The van der Waals surface area contributed by atoms with Gasteiger partial charge in [-0.15, -0.1) is 5.10 Å². The van der Waals surface area contributed by atoms with Gasteiger partial charge in [-0.2, -0.15) is 0 Å². The highest BCUT2D eigenvalue weighted by atomic mass is 28.4. The average molecular weight is 495 g/mol. The number of benzene rings is 2. The lowest BCUT2D eigenvalue weighted by atomic mass is 9.82. The van der Waals surface area contributed by atoms with E-state index in [1.54, 1.807) is 28.9 Å². The predicted molar refractivity (Wildman–Crippen MR) is 134 cm³/mol. The van der Waals surface area contributed by atoms with Crippen LogP contribution in [0.1, 0.15) is 24.6 Å². The maximum absolute atomic E-state index is 15.9. The summed E-state index contributed by atoms with van der Waals surface area (Å²) in [5, 5.41) is 17.4. The topological polar surface area (TPSA) is 80.5 Å². The van der Waals surface area contributed by atoms with Crippen molar-refractivity contribution in [2.45, 2.75) is 56.7 Å². The first-order chi connectivity index (χ1) is 16.8. The molecule has 1 spiro atoms. The Bertz CT molecular complexity index is 1210. The minimum Gasteiger partial charge on any atom is -0.396 e. The minimum atomic E-state index is -3.22. The summed E-state index contributed by atoms with van der Waals surface area (Å²) in [6.07, 6.45) is 2.31. The number of carbonyl (C=O) groups is 1. The molecule has 3 aromatic rings. The summed E-state index contributed by atoms with van der Waals surface area (Å²) in [5.74, 6) is -0.489. The molecule has 0 aliphatic carbocycles. The second kappa shape index (κ2) is 8.96. The first kappa shape index (κ1) is 23.8. The summed E-state index contributed by atoms with van der Waals surface area (Å²) in [6, 6.07) is 17.2. The largest absolute Gasteiger partial charge is 0.396 e. The van der Waals surface area contributed by atoms with Gasteiger partial charge in [0.2, 0.25) is 8.41 Å². The number of anilines is 2. The summed E-state index contributed by atoms with van der Waals surface area (Å²) < 4.78 is 24.3. The third kappa shape index (κ3) is 3.91. The third-order valence-corrected chi connectivity index (χ3v) is 9.84. The lowest BCUT2D eigenvalue weighted by Gasteiger charge is -2.31. The number of nitrogens with zero attached hydrogens (tertiary/aromatic N) is 4. The number of aliphatic hydroxyl groups excluding tert-OH is 1. The lowest BCUT2D eigenvalue weighted by molar-refractivity contribution is -0.145. The summed E-state index contributed by atoms with van der Waals surface area (Å²) in [7, 11) is -3.22. The number of para-hydroxylation sites is 2. The Morgan fingerprint density at radius 2 is 1.86 bits per heavy atom. The van der Waals surface area contributed by atoms with Gasteiger partial charge in [0.15, 0.2) is 5.60 Å². The van der Waals surface area contributed by atoms with Crippen molar-refractivity contribution in [3.8, 4) is 0 Å². The van der Waals surface area contributed by atoms with E-state index in [1.165, 1.54) is 0 Å². The zero-order valence-electron chi connectivity index (χ0n) is 20.3. The normalized spacial score (nSPS) is 26.0. The summed E-state index contributed by atoms with van der Waals surface area (Å²) in [5.41, 5.74) is 1.47. The number of amides is 1. The van der Waals surface area contributed by atoms with E-state index in [-0.39, 0.29) is 24.0 Å². The molecule has 0 bridgehead atoms. The minimum absolute atomic E-state index is 0.00755. The molecule has 1 fully saturated rings. The Morgan fingerprint density at radius 3 is 2.57 bits per heavy atom. The van der Waals surface area contributed by atoms with Crippen molar-refractivity contribution in [1.29, 1.82) is 0 Å². The van der Waals surface area contributed by atoms with E-state index in [2.05, 4.69) is 10.3 Å². The van der Waals surface area contributed by atoms with Gasteiger partial charge in [-0.1, -0.05) is 48.5 Å². The zero-order valence-corrected chi connectivity index (χ0v) is 21.3. The number of ether oxygens (including phenoxy) is 1. The molecular formula is C26H31FN4O3Si. The van der Waals surface area contributed by atoms with Crippen molar-refractivity contribution < 1.29 is 18.7 Å². The fraction of sp³-hybridized carbons (Fsp3) is 0.423. The molecule has 1 amide bonds. The van der Waals surface area contributed by atoms with Gasteiger partial charge in [0, 0.05) is 48.5 Å². The van der Waals surface area contributed by atoms with Crippen LogP contribution in [0.3, 0.4) is 0 Å². The number of carbonyl (C=O) groups excluding carboxylic acids is 1. The molecule has 2 aliphatic heterocycles. The van der Waals surface area contributed by atoms with E-state index in [4.69, 9.17) is 9.84 Å². The van der Waals surface area contributed by atoms with Crippen molar-refractivity contribution in [2.24, 2.45) is 5.92 Å². The summed E-state index contributed by atoms with van der Waals surface area (Å²) in [6.45, 7) is 5.88. The monoisotopic (exact) mass is 494 g/mol. The van der Waals surface area contributed by atoms with E-state index < -0.39 is 20.1 Å². The molecule has 4 atom stereocenters. The Labute approximate surface area is 205 Å². The molecule has 5 rings (SSSR count). The van der Waals surface area contributed by atoms with E-state index in [0.29, 0.717) is 25.1 Å². The summed E-state index contributed by atoms with van der Waals surface area (Å²) in [4.78, 5) is 15.9. The number of aliphatic hydroxyl groups is 1. The molecule has 35 heavy (non-hydrogen) atoms. The second-order valence-electron chi connectivity index (χ2n) is 10.00. The van der Waals surface area contributed by atoms with Gasteiger partial charge in [0.25, 0.3) is 5.91 Å². The van der Waals surface area contributed by atoms with Crippen LogP contribution in [0.5, 0.6) is 0 Å². The molecule has 1 N–H and O–H groups in total. The molecule has 9 heteroatoms. The Hall–Kier alpha value is -2.88. The number of rotatable bonds is 7. The maximum atomic E-state index is 15.9. The van der Waals surface area contributed by atoms with Crippen LogP contribution in [0.25, 0.3) is 0 Å². The summed E-state index contributed by atoms with van der Waals surface area (Å²) >= 11 is 0. The van der Waals surface area contributed by atoms with Crippen LogP contribution in [-0.2, 0) is 28.1 Å². The highest BCUT2D eigenvalue weighted by molar-refractivity contribution is 6.72. The fourth-order valence-electron chi connectivity index (χ4n) is 5.97. The van der Waals surface area contributed by atoms with Crippen LogP contribution >= 0.6 is 0 Å². The molecule has 3 heterocycles. The highest BCUT2D eigenvalue weighted by Gasteiger charge is 2.66. The molecule has 0 saturated carbocycles. The number of hydrogen-bond donors (Lipinski definition) is 1. The van der Waals surface area contributed by atoms with Crippen molar-refractivity contribution in [1.82, 2.24) is 15.0 Å². The molecule has 1 saturated heterocycles. The molecule has 7 nitrogen and oxygen atoms in total. The van der Waals surface area contributed by atoms with Gasteiger partial charge < -0.3 is 14.0 Å². The quantitative estimate of drug-likeness (QED) is 0.390. The van der Waals surface area contributed by atoms with Crippen LogP contribution in [-0.4, -0.2) is 47.1 Å². The fourth-order valence-corrected chi connectivity index (χ4v) is 8.51. The SMILES string of the molecule is C[C@@H]1[C@@H]([Si](C)(C)F)[C@H](CCn2cc(CCO)nn2)O[C@@]12C(=O)N(c1ccccc1)c1ccccc12. The van der Waals surface area contributed by atoms with E-state index >= 15 is 4.11 Å². The smallest absolute Gasteiger partial charge is 0.268 e.